The van der Waals surface area contributed by atoms with Crippen LogP contribution in [0.15, 0.2) is 53.6 Å². The summed E-state index contributed by atoms with van der Waals surface area (Å²) in [4.78, 5) is 16.7. The number of nitrogens with zero attached hydrogens (tertiary/aromatic N) is 3. The second-order valence-corrected chi connectivity index (χ2v) is 7.01. The van der Waals surface area contributed by atoms with Crippen LogP contribution in [0.5, 0.6) is 0 Å². The summed E-state index contributed by atoms with van der Waals surface area (Å²) in [6, 6.07) is 13.7. The molecule has 0 bridgehead atoms. The lowest BCUT2D eigenvalue weighted by Gasteiger charge is -2.21. The van der Waals surface area contributed by atoms with E-state index in [4.69, 9.17) is 11.6 Å². The van der Waals surface area contributed by atoms with Gasteiger partial charge in [0.15, 0.2) is 0 Å². The van der Waals surface area contributed by atoms with E-state index in [-0.39, 0.29) is 17.8 Å². The van der Waals surface area contributed by atoms with Crippen molar-refractivity contribution in [1.82, 2.24) is 9.99 Å². The number of hydrazone groups is 1. The Morgan fingerprint density at radius 1 is 1.22 bits per heavy atom. The number of carbonyl (C=O) groups excluding carboxylic acids is 1. The minimum Gasteiger partial charge on any atom is -0.273 e. The number of aromatic nitrogens is 1. The fraction of sp³-hybridized carbons (Fsp3) is 0.190. The zero-order valence-corrected chi connectivity index (χ0v) is 15.7. The van der Waals surface area contributed by atoms with E-state index in [2.05, 4.69) is 10.1 Å². The van der Waals surface area contributed by atoms with E-state index in [1.54, 1.807) is 12.1 Å². The molecule has 1 aliphatic rings. The molecule has 0 saturated heterocycles. The number of rotatable bonds is 2. The molecule has 0 saturated carbocycles. The number of hydrogen-bond acceptors (Lipinski definition) is 3. The first-order valence-electron chi connectivity index (χ1n) is 8.63. The Morgan fingerprint density at radius 3 is 2.74 bits per heavy atom. The fourth-order valence-corrected chi connectivity index (χ4v) is 3.72. The number of fused-ring (bicyclic) bond motifs is 1. The zero-order chi connectivity index (χ0) is 19.1. The van der Waals surface area contributed by atoms with E-state index in [0.29, 0.717) is 22.8 Å². The Labute approximate surface area is 161 Å². The van der Waals surface area contributed by atoms with E-state index in [9.17, 15) is 9.18 Å². The predicted molar refractivity (Wildman–Crippen MR) is 104 cm³/mol. The van der Waals surface area contributed by atoms with Crippen LogP contribution in [0.25, 0.3) is 10.9 Å². The molecule has 1 aromatic heterocycles. The maximum atomic E-state index is 13.6. The zero-order valence-electron chi connectivity index (χ0n) is 14.9. The maximum absolute atomic E-state index is 13.6. The quantitative estimate of drug-likeness (QED) is 0.584. The molecule has 0 spiro atoms. The molecule has 0 N–H and O–H groups in total. The SMILES string of the molecule is CC(=O)N1N=C(c2cccc(F)c2)C[C@@H]1c1cc2cccc(C)c2nc1Cl. The highest BCUT2D eigenvalue weighted by Gasteiger charge is 2.33. The van der Waals surface area contributed by atoms with Crippen LogP contribution in [0.3, 0.4) is 0 Å². The second-order valence-electron chi connectivity index (χ2n) is 6.66. The Morgan fingerprint density at radius 2 is 2.00 bits per heavy atom. The number of halogens is 2. The van der Waals surface area contributed by atoms with Gasteiger partial charge in [-0.1, -0.05) is 41.9 Å². The van der Waals surface area contributed by atoms with E-state index in [1.807, 2.05) is 31.2 Å². The number of aryl methyl sites for hydroxylation is 1. The number of amides is 1. The van der Waals surface area contributed by atoms with Gasteiger partial charge < -0.3 is 0 Å². The molecule has 0 radical (unpaired) electrons. The molecular weight excluding hydrogens is 365 g/mol. The molecule has 2 heterocycles. The van der Waals surface area contributed by atoms with E-state index < -0.39 is 0 Å². The topological polar surface area (TPSA) is 45.6 Å². The van der Waals surface area contributed by atoms with Crippen LogP contribution in [-0.4, -0.2) is 21.6 Å². The molecule has 27 heavy (non-hydrogen) atoms. The standard InChI is InChI=1S/C21H17ClFN3O/c1-12-5-3-7-15-10-17(21(22)24-20(12)15)19-11-18(25-26(19)13(2)27)14-6-4-8-16(23)9-14/h3-10,19H,11H2,1-2H3/t19-/m1/s1. The Balaban J connectivity index is 1.78. The number of benzene rings is 2. The number of pyridine rings is 1. The van der Waals surface area contributed by atoms with Crippen LogP contribution in [-0.2, 0) is 4.79 Å². The number of hydrogen-bond donors (Lipinski definition) is 0. The van der Waals surface area contributed by atoms with Gasteiger partial charge in [-0.2, -0.15) is 5.10 Å². The summed E-state index contributed by atoms with van der Waals surface area (Å²) in [5.74, 6) is -0.541. The van der Waals surface area contributed by atoms with Crippen LogP contribution >= 0.6 is 11.6 Å². The van der Waals surface area contributed by atoms with Gasteiger partial charge in [0, 0.05) is 29.9 Å². The third-order valence-electron chi connectivity index (χ3n) is 4.78. The Kier molecular flexibility index (Phi) is 4.40. The monoisotopic (exact) mass is 381 g/mol. The average molecular weight is 382 g/mol. The summed E-state index contributed by atoms with van der Waals surface area (Å²) in [5, 5.41) is 7.16. The predicted octanol–water partition coefficient (Wildman–Crippen LogP) is 5.03. The van der Waals surface area contributed by atoms with Crippen molar-refractivity contribution >= 4 is 34.1 Å². The molecule has 1 amide bonds. The van der Waals surface area contributed by atoms with E-state index >= 15 is 0 Å². The first-order valence-corrected chi connectivity index (χ1v) is 9.01. The van der Waals surface area contributed by atoms with E-state index in [1.165, 1.54) is 24.1 Å². The van der Waals surface area contributed by atoms with Crippen molar-refractivity contribution in [2.45, 2.75) is 26.3 Å². The molecule has 0 fully saturated rings. The minimum absolute atomic E-state index is 0.202. The molecular formula is C21H17ClFN3O. The molecule has 1 aliphatic heterocycles. The van der Waals surface area contributed by atoms with E-state index in [0.717, 1.165) is 22.0 Å². The van der Waals surface area contributed by atoms with Crippen LogP contribution in [0.4, 0.5) is 4.39 Å². The molecule has 4 nitrogen and oxygen atoms in total. The van der Waals surface area contributed by atoms with Gasteiger partial charge in [-0.15, -0.1) is 0 Å². The van der Waals surface area contributed by atoms with Crippen LogP contribution in [0, 0.1) is 12.7 Å². The molecule has 1 atom stereocenters. The fourth-order valence-electron chi connectivity index (χ4n) is 3.46. The smallest absolute Gasteiger partial charge is 0.240 e. The van der Waals surface area contributed by atoms with Crippen molar-refractivity contribution < 1.29 is 9.18 Å². The van der Waals surface area contributed by atoms with Gasteiger partial charge in [-0.3, -0.25) is 4.79 Å². The van der Waals surface area contributed by atoms with Crippen LogP contribution in [0.2, 0.25) is 5.15 Å². The third kappa shape index (κ3) is 3.19. The van der Waals surface area contributed by atoms with Gasteiger partial charge >= 0.3 is 0 Å². The molecule has 3 aromatic rings. The Bertz CT molecular complexity index is 1100. The lowest BCUT2D eigenvalue weighted by molar-refractivity contribution is -0.130. The Hall–Kier alpha value is -2.79. The van der Waals surface area contributed by atoms with Crippen molar-refractivity contribution in [3.05, 3.63) is 76.2 Å². The molecule has 136 valence electrons. The molecule has 2 aromatic carbocycles. The first kappa shape index (κ1) is 17.6. The maximum Gasteiger partial charge on any atom is 0.240 e. The van der Waals surface area contributed by atoms with Crippen molar-refractivity contribution in [1.29, 1.82) is 0 Å². The largest absolute Gasteiger partial charge is 0.273 e. The summed E-state index contributed by atoms with van der Waals surface area (Å²) in [6.45, 7) is 3.44. The normalized spacial score (nSPS) is 16.7. The lowest BCUT2D eigenvalue weighted by atomic mass is 9.98. The van der Waals surface area contributed by atoms with Crippen LogP contribution < -0.4 is 0 Å². The summed E-state index contributed by atoms with van der Waals surface area (Å²) >= 11 is 6.48. The van der Waals surface area contributed by atoms with Gasteiger partial charge in [0.2, 0.25) is 5.91 Å². The summed E-state index contributed by atoms with van der Waals surface area (Å²) in [5.41, 5.74) is 3.91. The summed E-state index contributed by atoms with van der Waals surface area (Å²) in [6.07, 6.45) is 0.446. The highest BCUT2D eigenvalue weighted by atomic mass is 35.5. The summed E-state index contributed by atoms with van der Waals surface area (Å²) in [7, 11) is 0. The third-order valence-corrected chi connectivity index (χ3v) is 5.08. The van der Waals surface area contributed by atoms with Gasteiger partial charge in [0.1, 0.15) is 11.0 Å². The van der Waals surface area contributed by atoms with Gasteiger partial charge in [0.05, 0.1) is 17.3 Å². The van der Waals surface area contributed by atoms with Crippen molar-refractivity contribution in [2.75, 3.05) is 0 Å². The van der Waals surface area contributed by atoms with Crippen molar-refractivity contribution in [3.8, 4) is 0 Å². The molecule has 0 unspecified atom stereocenters. The number of para-hydroxylation sites is 1. The second kappa shape index (κ2) is 6.74. The average Bonchev–Trinajstić information content (AvgIpc) is 3.07. The first-order chi connectivity index (χ1) is 12.9. The molecule has 0 aliphatic carbocycles. The molecule has 6 heteroatoms. The van der Waals surface area contributed by atoms with Gasteiger partial charge in [0.25, 0.3) is 0 Å². The molecule has 4 rings (SSSR count). The number of carbonyl (C=O) groups is 1. The minimum atomic E-state index is -0.370. The summed E-state index contributed by atoms with van der Waals surface area (Å²) < 4.78 is 13.6. The van der Waals surface area contributed by atoms with Crippen LogP contribution in [0.1, 0.15) is 36.1 Å². The highest BCUT2D eigenvalue weighted by Crippen LogP contribution is 2.37. The van der Waals surface area contributed by atoms with Crippen molar-refractivity contribution in [2.24, 2.45) is 5.10 Å². The highest BCUT2D eigenvalue weighted by molar-refractivity contribution is 6.30. The van der Waals surface area contributed by atoms with Crippen molar-refractivity contribution in [3.63, 3.8) is 0 Å². The van der Waals surface area contributed by atoms with Gasteiger partial charge in [-0.25, -0.2) is 14.4 Å². The van der Waals surface area contributed by atoms with Gasteiger partial charge in [-0.05, 0) is 30.7 Å². The lowest BCUT2D eigenvalue weighted by Crippen LogP contribution is -2.24.